The van der Waals surface area contributed by atoms with Crippen molar-refractivity contribution in [3.05, 3.63) is 0 Å². The predicted molar refractivity (Wildman–Crippen MR) is 196 cm³/mol. The zero-order chi connectivity index (χ0) is 44.3. The predicted octanol–water partition coefficient (Wildman–Crippen LogP) is -6.08. The lowest BCUT2D eigenvalue weighted by Gasteiger charge is -2.47. The number of rotatable bonds is 22. The Kier molecular flexibility index (Phi) is 18.6. The van der Waals surface area contributed by atoms with E-state index in [1.165, 1.54) is 20.8 Å². The molecule has 15 atom stereocenters. The van der Waals surface area contributed by atoms with Crippen molar-refractivity contribution in [3.8, 4) is 0 Å². The normalized spacial score (nSPS) is 30.0. The van der Waals surface area contributed by atoms with Crippen LogP contribution in [0.2, 0.25) is 0 Å². The summed E-state index contributed by atoms with van der Waals surface area (Å²) in [5, 5.41) is 70.8. The summed E-state index contributed by atoms with van der Waals surface area (Å²) in [6.45, 7) is 4.00. The van der Waals surface area contributed by atoms with Gasteiger partial charge < -0.3 is 86.6 Å². The number of carboxylic acids is 3. The Morgan fingerprint density at radius 3 is 2.00 bits per heavy atom. The van der Waals surface area contributed by atoms with Crippen molar-refractivity contribution in [1.29, 1.82) is 0 Å². The minimum atomic E-state index is -1.68. The van der Waals surface area contributed by atoms with E-state index in [1.54, 1.807) is 0 Å². The maximum atomic E-state index is 13.4. The lowest BCUT2D eigenvalue weighted by molar-refractivity contribution is -0.313. The zero-order valence-corrected chi connectivity index (χ0v) is 33.2. The largest absolute Gasteiger partial charge is 0.480 e. The smallest absolute Gasteiger partial charge is 0.327 e. The molecule has 0 aromatic carbocycles. The second-order valence-electron chi connectivity index (χ2n) is 14.0. The van der Waals surface area contributed by atoms with E-state index in [-0.39, 0.29) is 18.1 Å². The Morgan fingerprint density at radius 2 is 1.42 bits per heavy atom. The summed E-state index contributed by atoms with van der Waals surface area (Å²) in [6.07, 6.45) is -13.2. The number of nitrogens with two attached hydrogens (primary N) is 1. The molecule has 334 valence electrons. The summed E-state index contributed by atoms with van der Waals surface area (Å²) in [7, 11) is 0. The summed E-state index contributed by atoms with van der Waals surface area (Å²) >= 11 is 0.869. The number of amides is 5. The molecule has 0 aromatic rings. The van der Waals surface area contributed by atoms with Gasteiger partial charge in [0.05, 0.1) is 13.2 Å². The zero-order valence-electron chi connectivity index (χ0n) is 32.4. The van der Waals surface area contributed by atoms with Crippen molar-refractivity contribution in [1.82, 2.24) is 26.6 Å². The molecule has 3 saturated heterocycles. The summed E-state index contributed by atoms with van der Waals surface area (Å²) in [6, 6.07) is -8.27. The van der Waals surface area contributed by atoms with Gasteiger partial charge in [0, 0.05) is 31.8 Å². The first-order valence-corrected chi connectivity index (χ1v) is 19.5. The highest BCUT2D eigenvalue weighted by Gasteiger charge is 2.56. The summed E-state index contributed by atoms with van der Waals surface area (Å²) in [5.74, 6) is -8.59. The first-order chi connectivity index (χ1) is 27.6. The maximum absolute atomic E-state index is 13.4. The van der Waals surface area contributed by atoms with E-state index in [2.05, 4.69) is 26.6 Å². The molecule has 3 rings (SSSR count). The van der Waals surface area contributed by atoms with Crippen molar-refractivity contribution < 1.29 is 92.7 Å². The van der Waals surface area contributed by atoms with E-state index in [0.29, 0.717) is 0 Å². The lowest BCUT2D eigenvalue weighted by Crippen LogP contribution is -2.68. The number of carbonyl (C=O) groups is 8. The topological polar surface area (TPSA) is 390 Å². The van der Waals surface area contributed by atoms with Crippen LogP contribution in [0.15, 0.2) is 0 Å². The molecule has 0 aliphatic carbocycles. The van der Waals surface area contributed by atoms with Gasteiger partial charge in [0.25, 0.3) is 0 Å². The Hall–Kier alpha value is -4.25. The Labute approximate surface area is 340 Å². The third-order valence-electron chi connectivity index (χ3n) is 9.27. The van der Waals surface area contributed by atoms with Crippen LogP contribution in [-0.2, 0) is 62.0 Å². The van der Waals surface area contributed by atoms with Crippen molar-refractivity contribution >= 4 is 59.2 Å². The molecule has 3 aliphatic rings. The minimum absolute atomic E-state index is 0.107. The van der Waals surface area contributed by atoms with E-state index < -0.39 is 158 Å². The molecule has 5 amide bonds. The number of carbonyl (C=O) groups excluding carboxylic acids is 5. The molecule has 3 aliphatic heterocycles. The van der Waals surface area contributed by atoms with Crippen LogP contribution >= 0.6 is 11.8 Å². The van der Waals surface area contributed by atoms with Gasteiger partial charge in [0.15, 0.2) is 12.6 Å². The summed E-state index contributed by atoms with van der Waals surface area (Å²) in [4.78, 5) is 97.6. The van der Waals surface area contributed by atoms with Gasteiger partial charge in [-0.05, 0) is 20.3 Å². The van der Waals surface area contributed by atoms with E-state index in [0.717, 1.165) is 18.7 Å². The third-order valence-corrected chi connectivity index (χ3v) is 10.4. The Bertz CT molecular complexity index is 1540. The van der Waals surface area contributed by atoms with Gasteiger partial charge in [-0.25, -0.2) is 9.59 Å². The van der Waals surface area contributed by atoms with Crippen LogP contribution in [0.4, 0.5) is 0 Å². The van der Waals surface area contributed by atoms with Gasteiger partial charge in [-0.2, -0.15) is 11.8 Å². The molecule has 26 heteroatoms. The highest BCUT2D eigenvalue weighted by Crippen LogP contribution is 2.35. The molecule has 0 saturated carbocycles. The van der Waals surface area contributed by atoms with Gasteiger partial charge >= 0.3 is 17.9 Å². The molecular weight excluding hydrogens is 816 g/mol. The first kappa shape index (κ1) is 49.1. The van der Waals surface area contributed by atoms with Crippen molar-refractivity contribution in [2.45, 2.75) is 132 Å². The number of aliphatic hydroxyl groups is 3. The monoisotopic (exact) mass is 868 g/mol. The molecule has 3 heterocycles. The molecule has 0 spiro atoms. The van der Waals surface area contributed by atoms with Crippen LogP contribution in [0.3, 0.4) is 0 Å². The van der Waals surface area contributed by atoms with Gasteiger partial charge in [-0.1, -0.05) is 0 Å². The van der Waals surface area contributed by atoms with Crippen LogP contribution < -0.4 is 32.3 Å². The number of nitrogens with one attached hydrogen (secondary N) is 5. The first-order valence-electron chi connectivity index (χ1n) is 18.3. The van der Waals surface area contributed by atoms with Gasteiger partial charge in [-0.3, -0.25) is 28.8 Å². The standard InChI is InChI=1S/C33H52N6O19S/c1-11(27(46)39-16(30(50)51)5-6-20(43)38-17(31(52)53)10-59-9-15(34)29(48)49)35-28(47)12(2)55-26-22(37-14(4)42)32-54-8-19(57-32)25(26)58-33-21(36-13(3)41)24(45)23(44)18(7-40)56-33/h11-12,15-19,21-26,32-33,40,44-45H,5-10,34H2,1-4H3,(H,35,47)(H,36,41)(H,37,42)(H,38,43)(H,39,46)(H,48,49)(H,50,51)(H,52,53). The Balaban J connectivity index is 1.67. The third kappa shape index (κ3) is 13.9. The molecule has 15 unspecified atom stereocenters. The SMILES string of the molecule is CC(=O)NC1C(OC2C3COC(O3)C(NC(C)=O)C2OC(C)C(=O)NC(C)C(=O)NC(CCC(=O)NC(CSCC(N)C(=O)O)C(=O)O)C(=O)O)OC(CO)C(O)C1O. The number of hydrogen-bond donors (Lipinski definition) is 12. The fraction of sp³-hybridized carbons (Fsp3) is 0.758. The van der Waals surface area contributed by atoms with Crippen LogP contribution in [0.25, 0.3) is 0 Å². The van der Waals surface area contributed by atoms with Crippen LogP contribution in [-0.4, -0.2) is 194 Å². The minimum Gasteiger partial charge on any atom is -0.480 e. The van der Waals surface area contributed by atoms with Crippen molar-refractivity contribution in [2.24, 2.45) is 5.73 Å². The number of aliphatic hydroxyl groups excluding tert-OH is 3. The molecule has 0 radical (unpaired) electrons. The Morgan fingerprint density at radius 1 is 0.797 bits per heavy atom. The quantitative estimate of drug-likeness (QED) is 0.0482. The second kappa shape index (κ2) is 22.4. The lowest BCUT2D eigenvalue weighted by atomic mass is 9.95. The van der Waals surface area contributed by atoms with E-state index >= 15 is 0 Å². The number of thioether (sulfide) groups is 1. The van der Waals surface area contributed by atoms with E-state index in [9.17, 15) is 63.9 Å². The van der Waals surface area contributed by atoms with E-state index in [1.807, 2.05) is 0 Å². The summed E-state index contributed by atoms with van der Waals surface area (Å²) in [5.41, 5.74) is 5.39. The van der Waals surface area contributed by atoms with Gasteiger partial charge in [-0.15, -0.1) is 0 Å². The second-order valence-corrected chi connectivity index (χ2v) is 15.1. The molecule has 25 nitrogen and oxygen atoms in total. The van der Waals surface area contributed by atoms with Crippen LogP contribution in [0.5, 0.6) is 0 Å². The average molecular weight is 869 g/mol. The molecule has 2 bridgehead atoms. The maximum Gasteiger partial charge on any atom is 0.327 e. The number of aliphatic carboxylic acids is 3. The molecule has 59 heavy (non-hydrogen) atoms. The number of fused-ring (bicyclic) bond motifs is 2. The van der Waals surface area contributed by atoms with Gasteiger partial charge in [0.2, 0.25) is 29.5 Å². The fourth-order valence-electron chi connectivity index (χ4n) is 6.17. The van der Waals surface area contributed by atoms with Crippen molar-refractivity contribution in [2.75, 3.05) is 24.7 Å². The van der Waals surface area contributed by atoms with Crippen LogP contribution in [0, 0.1) is 0 Å². The number of hydrogen-bond acceptors (Lipinski definition) is 18. The van der Waals surface area contributed by atoms with Crippen LogP contribution in [0.1, 0.15) is 40.5 Å². The fourth-order valence-corrected chi connectivity index (χ4v) is 7.17. The van der Waals surface area contributed by atoms with Gasteiger partial charge in [0.1, 0.15) is 79.0 Å². The molecule has 0 aromatic heterocycles. The number of ether oxygens (including phenoxy) is 5. The van der Waals surface area contributed by atoms with Crippen molar-refractivity contribution in [3.63, 3.8) is 0 Å². The van der Waals surface area contributed by atoms with E-state index in [4.69, 9.17) is 34.5 Å². The number of carboxylic acid groups (broad SMARTS) is 3. The molecule has 13 N–H and O–H groups in total. The average Bonchev–Trinajstić information content (AvgIpc) is 3.60. The highest BCUT2D eigenvalue weighted by atomic mass is 32.2. The molecule has 3 fully saturated rings. The molecular formula is C33H52N6O19S. The summed E-state index contributed by atoms with van der Waals surface area (Å²) < 4.78 is 29.6. The highest BCUT2D eigenvalue weighted by molar-refractivity contribution is 7.99.